The van der Waals surface area contributed by atoms with Gasteiger partial charge in [0.05, 0.1) is 12.8 Å². The highest BCUT2D eigenvalue weighted by molar-refractivity contribution is 6.30. The molecule has 0 N–H and O–H groups in total. The van der Waals surface area contributed by atoms with Crippen molar-refractivity contribution >= 4 is 29.3 Å². The molecule has 26 heavy (non-hydrogen) atoms. The maximum Gasteiger partial charge on any atom is 0.284 e. The van der Waals surface area contributed by atoms with Crippen molar-refractivity contribution in [2.75, 3.05) is 30.1 Å². The summed E-state index contributed by atoms with van der Waals surface area (Å²) in [5.74, 6) is 0.132. The van der Waals surface area contributed by atoms with Crippen LogP contribution in [0.5, 0.6) is 0 Å². The number of anilines is 2. The number of amides is 1. The van der Waals surface area contributed by atoms with Crippen LogP contribution in [0, 0.1) is 0 Å². The third kappa shape index (κ3) is 3.47. The van der Waals surface area contributed by atoms with Gasteiger partial charge in [-0.15, -0.1) is 5.10 Å². The molecular formula is C21H23N3O2. The zero-order valence-corrected chi connectivity index (χ0v) is 15.3. The van der Waals surface area contributed by atoms with Crippen LogP contribution in [0.1, 0.15) is 19.4 Å². The van der Waals surface area contributed by atoms with Gasteiger partial charge < -0.3 is 9.64 Å². The minimum atomic E-state index is -0.194. The Morgan fingerprint density at radius 2 is 1.69 bits per heavy atom. The molecule has 2 aromatic carbocycles. The molecule has 0 saturated carbocycles. The summed E-state index contributed by atoms with van der Waals surface area (Å²) in [6, 6.07) is 17.5. The average molecular weight is 349 g/mol. The van der Waals surface area contributed by atoms with Gasteiger partial charge in [0, 0.05) is 18.8 Å². The van der Waals surface area contributed by atoms with Crippen LogP contribution >= 0.6 is 0 Å². The highest BCUT2D eigenvalue weighted by Crippen LogP contribution is 2.25. The number of ether oxygens (including phenoxy) is 1. The minimum Gasteiger partial charge on any atom is -0.479 e. The van der Waals surface area contributed by atoms with E-state index in [4.69, 9.17) is 4.74 Å². The third-order valence-corrected chi connectivity index (χ3v) is 4.37. The predicted octanol–water partition coefficient (Wildman–Crippen LogP) is 3.92. The number of hydrogen-bond donors (Lipinski definition) is 0. The van der Waals surface area contributed by atoms with Crippen LogP contribution in [0.25, 0.3) is 6.08 Å². The topological polar surface area (TPSA) is 45.1 Å². The number of methoxy groups -OCH3 is 1. The normalized spacial score (nSPS) is 15.3. The van der Waals surface area contributed by atoms with Crippen molar-refractivity contribution in [2.45, 2.75) is 13.8 Å². The smallest absolute Gasteiger partial charge is 0.284 e. The van der Waals surface area contributed by atoms with Gasteiger partial charge in [-0.05, 0) is 49.8 Å². The second-order valence-corrected chi connectivity index (χ2v) is 5.88. The molecule has 0 spiro atoms. The molecule has 1 aliphatic rings. The first-order valence-electron chi connectivity index (χ1n) is 8.77. The van der Waals surface area contributed by atoms with E-state index in [9.17, 15) is 4.79 Å². The molecular weight excluding hydrogens is 326 g/mol. The molecule has 3 rings (SSSR count). The van der Waals surface area contributed by atoms with E-state index < -0.39 is 0 Å². The molecule has 0 radical (unpaired) electrons. The van der Waals surface area contributed by atoms with Crippen molar-refractivity contribution in [1.82, 2.24) is 0 Å². The summed E-state index contributed by atoms with van der Waals surface area (Å²) in [4.78, 5) is 15.1. The van der Waals surface area contributed by atoms with Crippen molar-refractivity contribution in [3.8, 4) is 0 Å². The summed E-state index contributed by atoms with van der Waals surface area (Å²) in [5, 5.41) is 5.68. The standard InChI is InChI=1S/C21H23N3O2/c1-4-23(5-2)17-13-11-16(12-14-17)15-19-20(26-3)22-24(21(19)25)18-9-7-6-8-10-18/h6-15H,4-5H2,1-3H3/b19-15-. The maximum absolute atomic E-state index is 12.8. The highest BCUT2D eigenvalue weighted by Gasteiger charge is 2.32. The Kier molecular flexibility index (Phi) is 5.37. The van der Waals surface area contributed by atoms with Gasteiger partial charge in [0.15, 0.2) is 0 Å². The van der Waals surface area contributed by atoms with Crippen molar-refractivity contribution in [3.63, 3.8) is 0 Å². The number of hydrogen-bond acceptors (Lipinski definition) is 4. The predicted molar refractivity (Wildman–Crippen MR) is 106 cm³/mol. The van der Waals surface area contributed by atoms with Crippen LogP contribution < -0.4 is 9.91 Å². The van der Waals surface area contributed by atoms with Gasteiger partial charge in [-0.25, -0.2) is 0 Å². The van der Waals surface area contributed by atoms with E-state index in [1.807, 2.05) is 48.5 Å². The van der Waals surface area contributed by atoms with Crippen LogP contribution in [-0.2, 0) is 9.53 Å². The van der Waals surface area contributed by atoms with Crippen LogP contribution in [-0.4, -0.2) is 32.0 Å². The summed E-state index contributed by atoms with van der Waals surface area (Å²) in [5.41, 5.74) is 3.27. The van der Waals surface area contributed by atoms with Crippen molar-refractivity contribution in [2.24, 2.45) is 5.10 Å². The Morgan fingerprint density at radius 3 is 2.27 bits per heavy atom. The molecule has 0 aliphatic carbocycles. The maximum atomic E-state index is 12.8. The van der Waals surface area contributed by atoms with Gasteiger partial charge in [-0.1, -0.05) is 30.3 Å². The molecule has 1 aliphatic heterocycles. The zero-order chi connectivity index (χ0) is 18.5. The second kappa shape index (κ2) is 7.87. The van der Waals surface area contributed by atoms with Gasteiger partial charge in [0.2, 0.25) is 5.90 Å². The first kappa shape index (κ1) is 17.7. The lowest BCUT2D eigenvalue weighted by Gasteiger charge is -2.20. The monoisotopic (exact) mass is 349 g/mol. The van der Waals surface area contributed by atoms with Crippen LogP contribution in [0.2, 0.25) is 0 Å². The Hall–Kier alpha value is -3.08. The molecule has 134 valence electrons. The van der Waals surface area contributed by atoms with E-state index in [-0.39, 0.29) is 5.91 Å². The van der Waals surface area contributed by atoms with Crippen molar-refractivity contribution < 1.29 is 9.53 Å². The number of rotatable bonds is 5. The molecule has 0 atom stereocenters. The fourth-order valence-corrected chi connectivity index (χ4v) is 2.95. The van der Waals surface area contributed by atoms with Crippen LogP contribution in [0.3, 0.4) is 0 Å². The van der Waals surface area contributed by atoms with E-state index in [2.05, 4.69) is 36.0 Å². The molecule has 5 heteroatoms. The largest absolute Gasteiger partial charge is 0.479 e. The number of hydrazone groups is 1. The third-order valence-electron chi connectivity index (χ3n) is 4.37. The summed E-state index contributed by atoms with van der Waals surface area (Å²) < 4.78 is 5.33. The molecule has 0 fully saturated rings. The zero-order valence-electron chi connectivity index (χ0n) is 15.3. The van der Waals surface area contributed by atoms with Gasteiger partial charge in [0.25, 0.3) is 5.91 Å². The molecule has 5 nitrogen and oxygen atoms in total. The fraction of sp³-hybridized carbons (Fsp3) is 0.238. The van der Waals surface area contributed by atoms with Gasteiger partial charge in [0.1, 0.15) is 5.57 Å². The molecule has 2 aromatic rings. The summed E-state index contributed by atoms with van der Waals surface area (Å²) in [6.45, 7) is 6.19. The van der Waals surface area contributed by atoms with Gasteiger partial charge in [-0.3, -0.25) is 4.79 Å². The van der Waals surface area contributed by atoms with E-state index in [1.165, 1.54) is 17.8 Å². The fourth-order valence-electron chi connectivity index (χ4n) is 2.95. The van der Waals surface area contributed by atoms with E-state index in [1.54, 1.807) is 0 Å². The molecule has 1 heterocycles. The van der Waals surface area contributed by atoms with E-state index >= 15 is 0 Å². The van der Waals surface area contributed by atoms with E-state index in [0.29, 0.717) is 17.2 Å². The first-order valence-corrected chi connectivity index (χ1v) is 8.77. The number of carbonyl (C=O) groups excluding carboxylic acids is 1. The quantitative estimate of drug-likeness (QED) is 0.769. The lowest BCUT2D eigenvalue weighted by molar-refractivity contribution is -0.114. The molecule has 0 saturated heterocycles. The Labute approximate surface area is 154 Å². The Balaban J connectivity index is 1.88. The SMILES string of the molecule is CCN(CC)c1ccc(/C=C2\C(=O)N(c3ccccc3)N=C2OC)cc1. The molecule has 0 aromatic heterocycles. The Bertz CT molecular complexity index is 822. The average Bonchev–Trinajstić information content (AvgIpc) is 3.00. The molecule has 0 bridgehead atoms. The van der Waals surface area contributed by atoms with Crippen LogP contribution in [0.15, 0.2) is 65.3 Å². The molecule has 0 unspecified atom stereocenters. The lowest BCUT2D eigenvalue weighted by Crippen LogP contribution is -2.21. The second-order valence-electron chi connectivity index (χ2n) is 5.88. The van der Waals surface area contributed by atoms with Crippen LogP contribution in [0.4, 0.5) is 11.4 Å². The number of benzene rings is 2. The minimum absolute atomic E-state index is 0.194. The van der Waals surface area contributed by atoms with Crippen molar-refractivity contribution in [3.05, 3.63) is 65.7 Å². The summed E-state index contributed by atoms with van der Waals surface area (Å²) in [6.07, 6.45) is 1.82. The van der Waals surface area contributed by atoms with Gasteiger partial charge in [-0.2, -0.15) is 5.01 Å². The highest BCUT2D eigenvalue weighted by atomic mass is 16.5. The van der Waals surface area contributed by atoms with E-state index in [0.717, 1.165) is 18.7 Å². The number of para-hydroxylation sites is 1. The molecule has 1 amide bonds. The number of carbonyl (C=O) groups is 1. The summed E-state index contributed by atoms with van der Waals surface area (Å²) in [7, 11) is 1.53. The Morgan fingerprint density at radius 1 is 1.04 bits per heavy atom. The van der Waals surface area contributed by atoms with Crippen molar-refractivity contribution in [1.29, 1.82) is 0 Å². The first-order chi connectivity index (χ1) is 12.7. The lowest BCUT2D eigenvalue weighted by atomic mass is 10.1. The van der Waals surface area contributed by atoms with Gasteiger partial charge >= 0.3 is 0 Å². The summed E-state index contributed by atoms with van der Waals surface area (Å²) >= 11 is 0. The number of nitrogens with zero attached hydrogens (tertiary/aromatic N) is 3.